The molecule has 1 fully saturated rings. The summed E-state index contributed by atoms with van der Waals surface area (Å²) in [5, 5.41) is 11.7. The predicted molar refractivity (Wildman–Crippen MR) is 147 cm³/mol. The molecule has 208 valence electrons. The number of alkyl halides is 2. The first-order chi connectivity index (χ1) is 19.8. The van der Waals surface area contributed by atoms with Crippen LogP contribution in [0.25, 0.3) is 11.1 Å². The molecule has 5 rings (SSSR count). The lowest BCUT2D eigenvalue weighted by atomic mass is 9.99. The van der Waals surface area contributed by atoms with Crippen molar-refractivity contribution in [2.45, 2.75) is 6.43 Å². The Morgan fingerprint density at radius 1 is 1.15 bits per heavy atom. The van der Waals surface area contributed by atoms with Crippen LogP contribution in [0.2, 0.25) is 5.02 Å². The van der Waals surface area contributed by atoms with E-state index in [2.05, 4.69) is 37.3 Å². The lowest BCUT2D eigenvalue weighted by Crippen LogP contribution is -2.42. The Morgan fingerprint density at radius 3 is 2.68 bits per heavy atom. The van der Waals surface area contributed by atoms with Gasteiger partial charge in [-0.05, 0) is 42.3 Å². The van der Waals surface area contributed by atoms with Crippen LogP contribution in [0, 0.1) is 11.8 Å². The number of carbonyl (C=O) groups excluding carboxylic acids is 2. The molecule has 0 bridgehead atoms. The molecule has 0 aliphatic carbocycles. The van der Waals surface area contributed by atoms with Crippen molar-refractivity contribution in [2.24, 2.45) is 0 Å². The van der Waals surface area contributed by atoms with E-state index in [1.807, 2.05) is 0 Å². The largest absolute Gasteiger partial charge is 0.494 e. The van der Waals surface area contributed by atoms with E-state index in [0.717, 1.165) is 29.2 Å². The van der Waals surface area contributed by atoms with Crippen molar-refractivity contribution in [1.82, 2.24) is 20.2 Å². The van der Waals surface area contributed by atoms with Crippen LogP contribution in [-0.4, -0.2) is 58.8 Å². The van der Waals surface area contributed by atoms with E-state index in [4.69, 9.17) is 21.1 Å². The van der Waals surface area contributed by atoms with Crippen molar-refractivity contribution in [2.75, 3.05) is 37.1 Å². The Hall–Kier alpha value is -4.51. The van der Waals surface area contributed by atoms with Gasteiger partial charge in [0, 0.05) is 27.9 Å². The number of nitrogens with zero attached hydrogens (tertiary/aromatic N) is 5. The van der Waals surface area contributed by atoms with Gasteiger partial charge in [-0.3, -0.25) is 24.8 Å². The number of aromatic nitrogens is 4. The van der Waals surface area contributed by atoms with E-state index < -0.39 is 18.0 Å². The first-order valence-corrected chi connectivity index (χ1v) is 13.1. The van der Waals surface area contributed by atoms with Gasteiger partial charge in [0.2, 0.25) is 5.13 Å². The van der Waals surface area contributed by atoms with Crippen molar-refractivity contribution >= 4 is 45.7 Å². The van der Waals surface area contributed by atoms with Gasteiger partial charge in [-0.1, -0.05) is 28.9 Å². The van der Waals surface area contributed by atoms with Crippen molar-refractivity contribution < 1.29 is 27.8 Å². The van der Waals surface area contributed by atoms with Gasteiger partial charge in [0.05, 0.1) is 32.0 Å². The number of nitrogens with one attached hydrogen (secondary N) is 1. The maximum absolute atomic E-state index is 13.6. The zero-order valence-electron chi connectivity index (χ0n) is 21.2. The number of amides is 2. The van der Waals surface area contributed by atoms with E-state index in [1.165, 1.54) is 24.3 Å². The van der Waals surface area contributed by atoms with Crippen LogP contribution in [0.3, 0.4) is 0 Å². The van der Waals surface area contributed by atoms with Crippen LogP contribution in [-0.2, 0) is 9.53 Å². The normalized spacial score (nSPS) is 13.1. The summed E-state index contributed by atoms with van der Waals surface area (Å²) >= 11 is 6.94. The highest BCUT2D eigenvalue weighted by Crippen LogP contribution is 2.36. The molecule has 1 aliphatic heterocycles. The van der Waals surface area contributed by atoms with E-state index in [9.17, 15) is 18.4 Å². The third-order valence-electron chi connectivity index (χ3n) is 5.82. The van der Waals surface area contributed by atoms with E-state index in [1.54, 1.807) is 24.3 Å². The number of benzene rings is 1. The maximum atomic E-state index is 13.6. The second-order valence-corrected chi connectivity index (χ2v) is 9.83. The molecule has 4 heterocycles. The van der Waals surface area contributed by atoms with E-state index in [-0.39, 0.29) is 52.4 Å². The molecule has 10 nitrogen and oxygen atoms in total. The second kappa shape index (κ2) is 12.3. The molecule has 1 aliphatic rings. The smallest absolute Gasteiger partial charge is 0.280 e. The summed E-state index contributed by atoms with van der Waals surface area (Å²) in [7, 11) is 1.35. The van der Waals surface area contributed by atoms with Crippen molar-refractivity contribution in [3.63, 3.8) is 0 Å². The Labute approximate surface area is 241 Å². The van der Waals surface area contributed by atoms with Crippen molar-refractivity contribution in [1.29, 1.82) is 0 Å². The highest BCUT2D eigenvalue weighted by molar-refractivity contribution is 7.15. The average molecular weight is 597 g/mol. The fraction of sp³-hybridized carbons (Fsp3) is 0.185. The van der Waals surface area contributed by atoms with Gasteiger partial charge in [0.1, 0.15) is 23.9 Å². The van der Waals surface area contributed by atoms with Gasteiger partial charge >= 0.3 is 0 Å². The minimum Gasteiger partial charge on any atom is -0.494 e. The molecule has 0 saturated carbocycles. The average Bonchev–Trinajstić information content (AvgIpc) is 3.43. The molecule has 0 unspecified atom stereocenters. The molecule has 1 aromatic carbocycles. The number of hydrogen-bond acceptors (Lipinski definition) is 9. The number of hydrogen-bond donors (Lipinski definition) is 1. The van der Waals surface area contributed by atoms with Gasteiger partial charge in [-0.2, -0.15) is 0 Å². The van der Waals surface area contributed by atoms with Crippen molar-refractivity contribution in [3.05, 3.63) is 75.6 Å². The standard InChI is InChI=1S/C27H19ClF2N6O4S/c1-39-21-13-31-20(25(29)30)10-18(21)17-11-22(36-8-9-40-14-24(36)37)32-12-19(17)26(38)33-27-35-34-23(41-27)7-4-15-2-5-16(28)6-3-15/h2-3,5-6,10-13,25H,8-9,14H2,1H3,(H,33,35,38). The van der Waals surface area contributed by atoms with Crippen LogP contribution >= 0.6 is 22.9 Å². The molecule has 0 radical (unpaired) electrons. The number of anilines is 2. The number of halogens is 3. The number of carbonyl (C=O) groups is 2. The Bertz CT molecular complexity index is 1670. The number of morpholine rings is 1. The lowest BCUT2D eigenvalue weighted by molar-refractivity contribution is -0.125. The van der Waals surface area contributed by atoms with Gasteiger partial charge < -0.3 is 9.47 Å². The van der Waals surface area contributed by atoms with Gasteiger partial charge in [-0.25, -0.2) is 13.8 Å². The van der Waals surface area contributed by atoms with Gasteiger partial charge in [0.15, 0.2) is 5.01 Å². The summed E-state index contributed by atoms with van der Waals surface area (Å²) in [6, 6.07) is 9.55. The number of rotatable bonds is 6. The molecule has 0 spiro atoms. The van der Waals surface area contributed by atoms with Crippen LogP contribution in [0.15, 0.2) is 48.8 Å². The predicted octanol–water partition coefficient (Wildman–Crippen LogP) is 4.61. The minimum absolute atomic E-state index is 0.0168. The Kier molecular flexibility index (Phi) is 8.44. The molecule has 41 heavy (non-hydrogen) atoms. The molecule has 0 atom stereocenters. The molecular formula is C27H19ClF2N6O4S. The fourth-order valence-electron chi connectivity index (χ4n) is 3.86. The lowest BCUT2D eigenvalue weighted by Gasteiger charge is -2.26. The quantitative estimate of drug-likeness (QED) is 0.321. The summed E-state index contributed by atoms with van der Waals surface area (Å²) in [4.78, 5) is 35.3. The van der Waals surface area contributed by atoms with Crippen LogP contribution in [0.1, 0.15) is 33.0 Å². The van der Waals surface area contributed by atoms with Crippen LogP contribution in [0.5, 0.6) is 5.75 Å². The topological polar surface area (TPSA) is 119 Å². The third-order valence-corrected chi connectivity index (χ3v) is 6.83. The molecule has 4 aromatic rings. The highest BCUT2D eigenvalue weighted by Gasteiger charge is 2.26. The van der Waals surface area contributed by atoms with Crippen LogP contribution in [0.4, 0.5) is 19.7 Å². The van der Waals surface area contributed by atoms with E-state index in [0.29, 0.717) is 16.6 Å². The number of pyridine rings is 2. The number of ether oxygens (including phenoxy) is 2. The summed E-state index contributed by atoms with van der Waals surface area (Å²) in [5.41, 5.74) is 0.586. The SMILES string of the molecule is COc1cnc(C(F)F)cc1-c1cc(N2CCOCC2=O)ncc1C(=O)Nc1nnc(C#Cc2ccc(Cl)cc2)s1. The molecule has 3 aromatic heterocycles. The second-order valence-electron chi connectivity index (χ2n) is 8.42. The minimum atomic E-state index is -2.87. The number of methoxy groups -OCH3 is 1. The maximum Gasteiger partial charge on any atom is 0.280 e. The molecular weight excluding hydrogens is 578 g/mol. The molecule has 1 saturated heterocycles. The molecule has 1 N–H and O–H groups in total. The summed E-state index contributed by atoms with van der Waals surface area (Å²) in [6.45, 7) is 0.393. The summed E-state index contributed by atoms with van der Waals surface area (Å²) < 4.78 is 37.7. The third kappa shape index (κ3) is 6.46. The molecule has 2 amide bonds. The Balaban J connectivity index is 1.49. The van der Waals surface area contributed by atoms with Gasteiger partial charge in [-0.15, -0.1) is 10.2 Å². The van der Waals surface area contributed by atoms with Crippen molar-refractivity contribution in [3.8, 4) is 28.7 Å². The zero-order chi connectivity index (χ0) is 28.9. The van der Waals surface area contributed by atoms with E-state index >= 15 is 0 Å². The monoisotopic (exact) mass is 596 g/mol. The Morgan fingerprint density at radius 2 is 1.95 bits per heavy atom. The highest BCUT2D eigenvalue weighted by atomic mass is 35.5. The van der Waals surface area contributed by atoms with Gasteiger partial charge in [0.25, 0.3) is 18.2 Å². The summed E-state index contributed by atoms with van der Waals surface area (Å²) in [5.74, 6) is 5.21. The summed E-state index contributed by atoms with van der Waals surface area (Å²) in [6.07, 6.45) is -0.463. The zero-order valence-corrected chi connectivity index (χ0v) is 22.8. The fourth-order valence-corrected chi connectivity index (χ4v) is 4.57. The van der Waals surface area contributed by atoms with Crippen LogP contribution < -0.4 is 15.0 Å². The first kappa shape index (κ1) is 28.0. The first-order valence-electron chi connectivity index (χ1n) is 12.0. The molecule has 14 heteroatoms.